The number of rotatable bonds is 5. The van der Waals surface area contributed by atoms with E-state index in [9.17, 15) is 45.2 Å². The van der Waals surface area contributed by atoms with E-state index in [1.165, 1.54) is 25.1 Å². The van der Waals surface area contributed by atoms with Crippen molar-refractivity contribution in [1.29, 1.82) is 0 Å². The standard InChI is InChI=1S/C17H12F8N2O2/c1-9-6-10(2-5-14(9)27(28)29)8-26-11-3-4-12(13(18)7-11)15(19,16(20,21)22)17(23,24)25/h2-7,26H,8H2,1H3. The van der Waals surface area contributed by atoms with Crippen LogP contribution in [0.3, 0.4) is 0 Å². The molecule has 0 aliphatic rings. The number of alkyl halides is 7. The Morgan fingerprint density at radius 2 is 1.55 bits per heavy atom. The molecule has 2 aromatic carbocycles. The molecule has 2 rings (SSSR count). The maximum atomic E-state index is 14.0. The highest BCUT2D eigenvalue weighted by atomic mass is 19.4. The number of aryl methyl sites for hydroxylation is 1. The highest BCUT2D eigenvalue weighted by molar-refractivity contribution is 5.49. The zero-order valence-corrected chi connectivity index (χ0v) is 14.5. The van der Waals surface area contributed by atoms with E-state index >= 15 is 0 Å². The second-order valence-electron chi connectivity index (χ2n) is 6.08. The first kappa shape index (κ1) is 22.4. The lowest BCUT2D eigenvalue weighted by molar-refractivity contribution is -0.385. The second-order valence-corrected chi connectivity index (χ2v) is 6.08. The number of anilines is 1. The van der Waals surface area contributed by atoms with Crippen molar-refractivity contribution < 1.29 is 40.0 Å². The summed E-state index contributed by atoms with van der Waals surface area (Å²) in [6.07, 6.45) is -12.8. The van der Waals surface area contributed by atoms with Gasteiger partial charge in [0.15, 0.2) is 0 Å². The van der Waals surface area contributed by atoms with E-state index < -0.39 is 34.3 Å². The average molecular weight is 428 g/mol. The third-order valence-electron chi connectivity index (χ3n) is 4.08. The fourth-order valence-corrected chi connectivity index (χ4v) is 2.61. The van der Waals surface area contributed by atoms with Crippen LogP contribution in [0.4, 0.5) is 46.5 Å². The van der Waals surface area contributed by atoms with Crippen LogP contribution in [0.15, 0.2) is 36.4 Å². The molecular weight excluding hydrogens is 416 g/mol. The first-order valence-corrected chi connectivity index (χ1v) is 7.78. The molecule has 0 radical (unpaired) electrons. The van der Waals surface area contributed by atoms with Crippen molar-refractivity contribution in [3.05, 3.63) is 69.0 Å². The molecule has 0 fully saturated rings. The van der Waals surface area contributed by atoms with Crippen LogP contribution in [0.25, 0.3) is 0 Å². The fourth-order valence-electron chi connectivity index (χ4n) is 2.61. The Kier molecular flexibility index (Phi) is 5.77. The topological polar surface area (TPSA) is 55.2 Å². The molecule has 12 heteroatoms. The average Bonchev–Trinajstić information content (AvgIpc) is 2.57. The Labute approximate surface area is 158 Å². The highest BCUT2D eigenvalue weighted by Gasteiger charge is 2.74. The van der Waals surface area contributed by atoms with Crippen molar-refractivity contribution in [1.82, 2.24) is 0 Å². The number of nitrogens with zero attached hydrogens (tertiary/aromatic N) is 1. The van der Waals surface area contributed by atoms with Crippen LogP contribution in [0.2, 0.25) is 0 Å². The molecule has 0 amide bonds. The molecule has 2 aromatic rings. The van der Waals surface area contributed by atoms with Gasteiger partial charge in [0.25, 0.3) is 5.69 Å². The molecule has 1 N–H and O–H groups in total. The number of nitro benzene ring substituents is 1. The molecule has 158 valence electrons. The smallest absolute Gasteiger partial charge is 0.381 e. The summed E-state index contributed by atoms with van der Waals surface area (Å²) in [6.45, 7) is 1.39. The maximum absolute atomic E-state index is 14.0. The van der Waals surface area contributed by atoms with Gasteiger partial charge in [-0.1, -0.05) is 12.1 Å². The SMILES string of the molecule is Cc1cc(CNc2ccc(C(F)(C(F)(F)F)C(F)(F)F)c(F)c2)ccc1[N+](=O)[O-]. The van der Waals surface area contributed by atoms with Gasteiger partial charge in [0.05, 0.1) is 4.92 Å². The van der Waals surface area contributed by atoms with Crippen molar-refractivity contribution in [2.24, 2.45) is 0 Å². The van der Waals surface area contributed by atoms with Gasteiger partial charge in [-0.05, 0) is 30.7 Å². The van der Waals surface area contributed by atoms with Crippen LogP contribution >= 0.6 is 0 Å². The number of benzene rings is 2. The van der Waals surface area contributed by atoms with Crippen molar-refractivity contribution in [2.75, 3.05) is 5.32 Å². The Balaban J connectivity index is 2.28. The quantitative estimate of drug-likeness (QED) is 0.364. The van der Waals surface area contributed by atoms with Crippen LogP contribution in [0.1, 0.15) is 16.7 Å². The molecule has 0 saturated heterocycles. The normalized spacial score (nSPS) is 12.7. The summed E-state index contributed by atoms with van der Waals surface area (Å²) in [6, 6.07) is 5.04. The number of hydrogen-bond acceptors (Lipinski definition) is 3. The summed E-state index contributed by atoms with van der Waals surface area (Å²) in [5, 5.41) is 13.3. The third kappa shape index (κ3) is 4.25. The van der Waals surface area contributed by atoms with Crippen molar-refractivity contribution in [3.8, 4) is 0 Å². The zero-order chi connectivity index (χ0) is 22.2. The van der Waals surface area contributed by atoms with E-state index in [-0.39, 0.29) is 24.0 Å². The Morgan fingerprint density at radius 1 is 0.966 bits per heavy atom. The van der Waals surface area contributed by atoms with Gasteiger partial charge in [0.2, 0.25) is 0 Å². The molecule has 0 aromatic heterocycles. The summed E-state index contributed by atoms with van der Waals surface area (Å²) in [7, 11) is 0. The van der Waals surface area contributed by atoms with E-state index in [1.807, 2.05) is 0 Å². The Morgan fingerprint density at radius 3 is 2.00 bits per heavy atom. The van der Waals surface area contributed by atoms with Crippen LogP contribution in [-0.2, 0) is 12.2 Å². The van der Waals surface area contributed by atoms with E-state index in [4.69, 9.17) is 0 Å². The molecule has 0 spiro atoms. The largest absolute Gasteiger partial charge is 0.436 e. The number of nitro groups is 1. The lowest BCUT2D eigenvalue weighted by atomic mass is 9.93. The molecule has 0 aliphatic carbocycles. The first-order valence-electron chi connectivity index (χ1n) is 7.78. The predicted octanol–water partition coefficient (Wildman–Crippen LogP) is 5.94. The van der Waals surface area contributed by atoms with Gasteiger partial charge in [0, 0.05) is 29.4 Å². The molecule has 4 nitrogen and oxygen atoms in total. The minimum Gasteiger partial charge on any atom is -0.381 e. The van der Waals surface area contributed by atoms with Gasteiger partial charge < -0.3 is 5.32 Å². The van der Waals surface area contributed by atoms with E-state index in [1.54, 1.807) is 0 Å². The highest BCUT2D eigenvalue weighted by Crippen LogP contribution is 2.53. The molecule has 0 saturated carbocycles. The first-order chi connectivity index (χ1) is 13.2. The van der Waals surface area contributed by atoms with Gasteiger partial charge in [0.1, 0.15) is 5.82 Å². The summed E-state index contributed by atoms with van der Waals surface area (Å²) in [5.74, 6) is -2.04. The lowest BCUT2D eigenvalue weighted by Gasteiger charge is -2.30. The summed E-state index contributed by atoms with van der Waals surface area (Å²) < 4.78 is 104. The number of nitrogens with one attached hydrogen (secondary N) is 1. The Bertz CT molecular complexity index is 911. The third-order valence-corrected chi connectivity index (χ3v) is 4.08. The number of hydrogen-bond donors (Lipinski definition) is 1. The molecule has 0 unspecified atom stereocenters. The van der Waals surface area contributed by atoms with Crippen LogP contribution in [-0.4, -0.2) is 17.3 Å². The van der Waals surface area contributed by atoms with E-state index in [0.717, 1.165) is 0 Å². The van der Waals surface area contributed by atoms with Crippen LogP contribution in [0.5, 0.6) is 0 Å². The molecule has 0 atom stereocenters. The molecular formula is C17H12F8N2O2. The van der Waals surface area contributed by atoms with E-state index in [0.29, 0.717) is 23.3 Å². The van der Waals surface area contributed by atoms with E-state index in [2.05, 4.69) is 5.32 Å². The monoisotopic (exact) mass is 428 g/mol. The Hall–Kier alpha value is -2.92. The molecule has 29 heavy (non-hydrogen) atoms. The van der Waals surface area contributed by atoms with Gasteiger partial charge in [-0.3, -0.25) is 10.1 Å². The van der Waals surface area contributed by atoms with Crippen molar-refractivity contribution in [3.63, 3.8) is 0 Å². The van der Waals surface area contributed by atoms with Gasteiger partial charge in [-0.2, -0.15) is 26.3 Å². The van der Waals surface area contributed by atoms with Crippen LogP contribution < -0.4 is 5.32 Å². The fraction of sp³-hybridized carbons (Fsp3) is 0.294. The van der Waals surface area contributed by atoms with Crippen molar-refractivity contribution >= 4 is 11.4 Å². The minimum atomic E-state index is -6.42. The van der Waals surface area contributed by atoms with Gasteiger partial charge in [-0.15, -0.1) is 0 Å². The maximum Gasteiger partial charge on any atom is 0.436 e. The summed E-state index contributed by atoms with van der Waals surface area (Å²) >= 11 is 0. The minimum absolute atomic E-state index is 0.0692. The lowest BCUT2D eigenvalue weighted by Crippen LogP contribution is -2.50. The molecule has 0 aliphatic heterocycles. The second kappa shape index (κ2) is 7.48. The van der Waals surface area contributed by atoms with Gasteiger partial charge in [-0.25, -0.2) is 8.78 Å². The zero-order valence-electron chi connectivity index (χ0n) is 14.5. The summed E-state index contributed by atoms with van der Waals surface area (Å²) in [5.41, 5.74) is -7.64. The predicted molar refractivity (Wildman–Crippen MR) is 86.5 cm³/mol. The molecule has 0 heterocycles. The molecule has 0 bridgehead atoms. The van der Waals surface area contributed by atoms with Crippen molar-refractivity contribution in [2.45, 2.75) is 31.5 Å². The van der Waals surface area contributed by atoms with Gasteiger partial charge >= 0.3 is 18.0 Å². The number of halogens is 8. The summed E-state index contributed by atoms with van der Waals surface area (Å²) in [4.78, 5) is 10.2. The van der Waals surface area contributed by atoms with Crippen LogP contribution in [0, 0.1) is 22.9 Å².